The Bertz CT molecular complexity index is 325. The molecule has 0 saturated heterocycles. The largest absolute Gasteiger partial charge is 0.481 e. The number of aliphatic hydroxyl groups excluding tert-OH is 2. The first-order valence-electron chi connectivity index (χ1n) is 5.31. The minimum atomic E-state index is -1.18. The van der Waals surface area contributed by atoms with E-state index in [1.807, 2.05) is 20.8 Å². The molecule has 2 aliphatic carbocycles. The molecule has 86 valence electrons. The van der Waals surface area contributed by atoms with Crippen LogP contribution in [0.15, 0.2) is 0 Å². The summed E-state index contributed by atoms with van der Waals surface area (Å²) in [6.45, 7) is 5.56. The molecular formula is C11H18O4. The van der Waals surface area contributed by atoms with Crippen LogP contribution < -0.4 is 0 Å². The Kier molecular flexibility index (Phi) is 1.85. The molecule has 0 amide bonds. The second kappa shape index (κ2) is 2.55. The highest BCUT2D eigenvalue weighted by atomic mass is 16.4. The molecule has 0 heterocycles. The maximum Gasteiger partial charge on any atom is 0.312 e. The molecule has 2 aliphatic rings. The minimum absolute atomic E-state index is 0.448. The zero-order valence-electron chi connectivity index (χ0n) is 9.32. The summed E-state index contributed by atoms with van der Waals surface area (Å²) >= 11 is 0. The highest BCUT2D eigenvalue weighted by Crippen LogP contribution is 2.72. The molecule has 0 aromatic rings. The van der Waals surface area contributed by atoms with Gasteiger partial charge in [0.15, 0.2) is 0 Å². The van der Waals surface area contributed by atoms with Crippen molar-refractivity contribution in [3.8, 4) is 0 Å². The van der Waals surface area contributed by atoms with Crippen molar-refractivity contribution in [3.05, 3.63) is 0 Å². The van der Waals surface area contributed by atoms with Gasteiger partial charge in [-0.15, -0.1) is 0 Å². The summed E-state index contributed by atoms with van der Waals surface area (Å²) in [4.78, 5) is 11.4. The lowest BCUT2D eigenvalue weighted by atomic mass is 9.64. The molecule has 4 heteroatoms. The second-order valence-corrected chi connectivity index (χ2v) is 5.71. The van der Waals surface area contributed by atoms with E-state index < -0.39 is 34.4 Å². The van der Waals surface area contributed by atoms with Crippen LogP contribution in [0.25, 0.3) is 0 Å². The standard InChI is InChI=1S/C11H18O4/c1-9(2)10(3)4-5-11(9,8(14)15)7(13)6(10)12/h6-7,12-13H,4-5H2,1-3H3,(H,14,15)/t6-,7-,10+,11-/m0/s1. The summed E-state index contributed by atoms with van der Waals surface area (Å²) in [6.07, 6.45) is -0.977. The van der Waals surface area contributed by atoms with Crippen molar-refractivity contribution < 1.29 is 20.1 Å². The molecule has 3 N–H and O–H groups in total. The Balaban J connectivity index is 2.62. The van der Waals surface area contributed by atoms with E-state index >= 15 is 0 Å². The topological polar surface area (TPSA) is 77.8 Å². The molecule has 0 aromatic carbocycles. The summed E-state index contributed by atoms with van der Waals surface area (Å²) in [5.74, 6) is -0.986. The molecule has 0 radical (unpaired) electrons. The van der Waals surface area contributed by atoms with Gasteiger partial charge in [0.2, 0.25) is 0 Å². The van der Waals surface area contributed by atoms with Crippen LogP contribution in [0.4, 0.5) is 0 Å². The Morgan fingerprint density at radius 1 is 1.13 bits per heavy atom. The lowest BCUT2D eigenvalue weighted by Gasteiger charge is -2.38. The van der Waals surface area contributed by atoms with E-state index in [1.165, 1.54) is 0 Å². The Labute approximate surface area is 88.9 Å². The van der Waals surface area contributed by atoms with Gasteiger partial charge in [-0.3, -0.25) is 4.79 Å². The monoisotopic (exact) mass is 214 g/mol. The number of hydrogen-bond donors (Lipinski definition) is 3. The Hall–Kier alpha value is -0.610. The highest BCUT2D eigenvalue weighted by molar-refractivity contribution is 5.79. The van der Waals surface area contributed by atoms with Crippen molar-refractivity contribution in [2.75, 3.05) is 0 Å². The Morgan fingerprint density at radius 2 is 1.67 bits per heavy atom. The molecule has 0 spiro atoms. The van der Waals surface area contributed by atoms with Gasteiger partial charge in [-0.05, 0) is 18.3 Å². The third-order valence-corrected chi connectivity index (χ3v) is 5.42. The minimum Gasteiger partial charge on any atom is -0.481 e. The maximum absolute atomic E-state index is 11.4. The van der Waals surface area contributed by atoms with Crippen LogP contribution in [0.1, 0.15) is 33.6 Å². The van der Waals surface area contributed by atoms with Crippen LogP contribution in [0.2, 0.25) is 0 Å². The summed E-state index contributed by atoms with van der Waals surface area (Å²) in [6, 6.07) is 0. The van der Waals surface area contributed by atoms with Crippen LogP contribution in [-0.4, -0.2) is 33.5 Å². The molecule has 4 nitrogen and oxygen atoms in total. The molecule has 0 aliphatic heterocycles. The van der Waals surface area contributed by atoms with Crippen molar-refractivity contribution in [1.82, 2.24) is 0 Å². The predicted molar refractivity (Wildman–Crippen MR) is 53.2 cm³/mol. The molecule has 0 aromatic heterocycles. The van der Waals surface area contributed by atoms with E-state index in [9.17, 15) is 20.1 Å². The van der Waals surface area contributed by atoms with Gasteiger partial charge in [0.1, 0.15) is 5.41 Å². The van der Waals surface area contributed by atoms with Crippen molar-refractivity contribution >= 4 is 5.97 Å². The van der Waals surface area contributed by atoms with Crippen LogP contribution >= 0.6 is 0 Å². The average Bonchev–Trinajstić information content (AvgIpc) is 2.39. The van der Waals surface area contributed by atoms with Gasteiger partial charge in [0.05, 0.1) is 12.2 Å². The third-order valence-electron chi connectivity index (χ3n) is 5.42. The van der Waals surface area contributed by atoms with Gasteiger partial charge in [-0.25, -0.2) is 0 Å². The first-order valence-corrected chi connectivity index (χ1v) is 5.31. The number of aliphatic hydroxyl groups is 2. The molecule has 2 fully saturated rings. The first kappa shape index (κ1) is 10.9. The van der Waals surface area contributed by atoms with E-state index in [4.69, 9.17) is 0 Å². The van der Waals surface area contributed by atoms with E-state index in [-0.39, 0.29) is 0 Å². The SMILES string of the molecule is CC1(C)[C@]2(C)CC[C@@]1(C(=O)O)[C@@H](O)[C@@H]2O. The third kappa shape index (κ3) is 0.807. The van der Waals surface area contributed by atoms with Crippen LogP contribution in [0.5, 0.6) is 0 Å². The fourth-order valence-corrected chi connectivity index (χ4v) is 3.75. The van der Waals surface area contributed by atoms with E-state index in [0.29, 0.717) is 12.8 Å². The molecular weight excluding hydrogens is 196 g/mol. The van der Waals surface area contributed by atoms with Crippen LogP contribution in [0, 0.1) is 16.2 Å². The normalized spacial score (nSPS) is 52.1. The molecule has 15 heavy (non-hydrogen) atoms. The van der Waals surface area contributed by atoms with E-state index in [1.54, 1.807) is 0 Å². The molecule has 2 rings (SSSR count). The maximum atomic E-state index is 11.4. The number of aliphatic carboxylic acids is 1. The summed E-state index contributed by atoms with van der Waals surface area (Å²) < 4.78 is 0. The van der Waals surface area contributed by atoms with Gasteiger partial charge in [0.25, 0.3) is 0 Å². The zero-order chi connectivity index (χ0) is 11.6. The van der Waals surface area contributed by atoms with Crippen molar-refractivity contribution in [3.63, 3.8) is 0 Å². The van der Waals surface area contributed by atoms with Gasteiger partial charge in [-0.2, -0.15) is 0 Å². The summed E-state index contributed by atoms with van der Waals surface area (Å²) in [7, 11) is 0. The highest BCUT2D eigenvalue weighted by Gasteiger charge is 2.77. The molecule has 4 atom stereocenters. The van der Waals surface area contributed by atoms with Gasteiger partial charge in [-0.1, -0.05) is 20.8 Å². The van der Waals surface area contributed by atoms with Crippen molar-refractivity contribution in [2.24, 2.45) is 16.2 Å². The van der Waals surface area contributed by atoms with E-state index in [2.05, 4.69) is 0 Å². The lowest BCUT2D eigenvalue weighted by molar-refractivity contribution is -0.164. The van der Waals surface area contributed by atoms with Crippen molar-refractivity contribution in [2.45, 2.75) is 45.8 Å². The van der Waals surface area contributed by atoms with Crippen LogP contribution in [-0.2, 0) is 4.79 Å². The zero-order valence-corrected chi connectivity index (χ0v) is 9.32. The van der Waals surface area contributed by atoms with E-state index in [0.717, 1.165) is 0 Å². The number of rotatable bonds is 1. The Morgan fingerprint density at radius 3 is 1.93 bits per heavy atom. The summed E-state index contributed by atoms with van der Waals surface area (Å²) in [5, 5.41) is 29.3. The molecule has 2 bridgehead atoms. The lowest BCUT2D eigenvalue weighted by Crippen LogP contribution is -2.48. The van der Waals surface area contributed by atoms with Crippen molar-refractivity contribution in [1.29, 1.82) is 0 Å². The number of fused-ring (bicyclic) bond motifs is 2. The summed E-state index contributed by atoms with van der Waals surface area (Å²) in [5.41, 5.74) is -2.25. The second-order valence-electron chi connectivity index (χ2n) is 5.71. The number of carboxylic acid groups (broad SMARTS) is 1. The predicted octanol–water partition coefficient (Wildman–Crippen LogP) is 0.619. The first-order chi connectivity index (χ1) is 6.72. The number of hydrogen-bond acceptors (Lipinski definition) is 3. The van der Waals surface area contributed by atoms with Crippen LogP contribution in [0.3, 0.4) is 0 Å². The van der Waals surface area contributed by atoms with Gasteiger partial charge < -0.3 is 15.3 Å². The van der Waals surface area contributed by atoms with Gasteiger partial charge >= 0.3 is 5.97 Å². The fourth-order valence-electron chi connectivity index (χ4n) is 3.75. The molecule has 2 saturated carbocycles. The quantitative estimate of drug-likeness (QED) is 0.598. The fraction of sp³-hybridized carbons (Fsp3) is 0.909. The number of carbonyl (C=O) groups is 1. The van der Waals surface area contributed by atoms with Gasteiger partial charge in [0, 0.05) is 5.41 Å². The number of carboxylic acids is 1. The smallest absolute Gasteiger partial charge is 0.312 e. The average molecular weight is 214 g/mol. The molecule has 0 unspecified atom stereocenters.